The Morgan fingerprint density at radius 1 is 1.48 bits per heavy atom. The molecule has 0 unspecified atom stereocenters. The van der Waals surface area contributed by atoms with Gasteiger partial charge in [0, 0.05) is 13.1 Å². The monoisotopic (exact) mass is 297 g/mol. The lowest BCUT2D eigenvalue weighted by atomic mass is 10.1. The quantitative estimate of drug-likeness (QED) is 0.629. The molecule has 1 heterocycles. The van der Waals surface area contributed by atoms with Gasteiger partial charge in [-0.3, -0.25) is 14.9 Å². The molecule has 1 aliphatic heterocycles. The molecule has 1 aliphatic rings. The Morgan fingerprint density at radius 3 is 2.81 bits per heavy atom. The molecule has 0 saturated carbocycles. The highest BCUT2D eigenvalue weighted by atomic mass is 19.1. The van der Waals surface area contributed by atoms with Gasteiger partial charge in [0.2, 0.25) is 5.91 Å². The second kappa shape index (κ2) is 5.73. The molecule has 0 aliphatic carbocycles. The summed E-state index contributed by atoms with van der Waals surface area (Å²) < 4.78 is 14.0. The van der Waals surface area contributed by atoms with E-state index in [0.717, 1.165) is 6.07 Å². The van der Waals surface area contributed by atoms with E-state index in [1.807, 2.05) is 0 Å². The zero-order chi connectivity index (χ0) is 15.6. The first-order valence-electron chi connectivity index (χ1n) is 6.13. The van der Waals surface area contributed by atoms with Crippen LogP contribution in [-0.2, 0) is 4.79 Å². The van der Waals surface area contributed by atoms with Crippen molar-refractivity contribution in [3.8, 4) is 0 Å². The number of anilines is 1. The lowest BCUT2D eigenvalue weighted by Crippen LogP contribution is -2.33. The lowest BCUT2D eigenvalue weighted by Gasteiger charge is -2.22. The van der Waals surface area contributed by atoms with Crippen molar-refractivity contribution >= 4 is 23.3 Å². The summed E-state index contributed by atoms with van der Waals surface area (Å²) in [6, 6.07) is 1.47. The Balaban J connectivity index is 2.48. The van der Waals surface area contributed by atoms with Gasteiger partial charge in [0.25, 0.3) is 5.69 Å². The Hall–Kier alpha value is -2.71. The van der Waals surface area contributed by atoms with Crippen LogP contribution in [0.1, 0.15) is 16.8 Å². The first-order valence-corrected chi connectivity index (χ1v) is 6.13. The van der Waals surface area contributed by atoms with Crippen LogP contribution in [0.3, 0.4) is 0 Å². The molecule has 1 aromatic rings. The van der Waals surface area contributed by atoms with Crippen LogP contribution in [-0.4, -0.2) is 41.5 Å². The number of halogens is 1. The average molecular weight is 297 g/mol. The Bertz CT molecular complexity index is 619. The second-order valence-electron chi connectivity index (χ2n) is 4.51. The van der Waals surface area contributed by atoms with Crippen LogP contribution in [0.2, 0.25) is 0 Å². The number of nitro benzene ring substituents is 1. The van der Waals surface area contributed by atoms with E-state index in [2.05, 4.69) is 5.32 Å². The topological polar surface area (TPSA) is 113 Å². The van der Waals surface area contributed by atoms with E-state index in [1.165, 1.54) is 4.90 Å². The maximum absolute atomic E-state index is 14.0. The number of nitrogens with one attached hydrogen (secondary N) is 1. The highest BCUT2D eigenvalue weighted by Crippen LogP contribution is 2.29. The summed E-state index contributed by atoms with van der Waals surface area (Å²) in [6.07, 6.45) is 0.560. The number of carbonyl (C=O) groups is 2. The van der Waals surface area contributed by atoms with Gasteiger partial charge in [0.15, 0.2) is 5.82 Å². The summed E-state index contributed by atoms with van der Waals surface area (Å²) in [5.41, 5.74) is -1.56. The van der Waals surface area contributed by atoms with Gasteiger partial charge in [-0.25, -0.2) is 9.18 Å². The Kier molecular flexibility index (Phi) is 4.01. The Labute approximate surface area is 118 Å². The molecule has 2 N–H and O–H groups in total. The smallest absolute Gasteiger partial charge is 0.342 e. The SMILES string of the molecule is O=C1CN(c2cc(C(=O)O)c([N+](=O)[O-])cc2F)CCCN1. The minimum absolute atomic E-state index is 0.130. The van der Waals surface area contributed by atoms with Crippen molar-refractivity contribution in [2.45, 2.75) is 6.42 Å². The summed E-state index contributed by atoms with van der Waals surface area (Å²) in [6.45, 7) is 0.649. The molecule has 21 heavy (non-hydrogen) atoms. The van der Waals surface area contributed by atoms with Crippen LogP contribution < -0.4 is 10.2 Å². The van der Waals surface area contributed by atoms with E-state index in [1.54, 1.807) is 0 Å². The van der Waals surface area contributed by atoms with Crippen molar-refractivity contribution < 1.29 is 24.0 Å². The van der Waals surface area contributed by atoms with Crippen LogP contribution in [0.4, 0.5) is 15.8 Å². The van der Waals surface area contributed by atoms with E-state index in [9.17, 15) is 24.1 Å². The van der Waals surface area contributed by atoms with Gasteiger partial charge >= 0.3 is 5.97 Å². The number of benzene rings is 1. The number of carboxylic acids is 1. The molecule has 112 valence electrons. The number of amides is 1. The molecule has 0 atom stereocenters. The van der Waals surface area contributed by atoms with Crippen molar-refractivity contribution in [1.82, 2.24) is 5.32 Å². The molecule has 1 aromatic carbocycles. The van der Waals surface area contributed by atoms with Crippen LogP contribution in [0.5, 0.6) is 0 Å². The second-order valence-corrected chi connectivity index (χ2v) is 4.51. The van der Waals surface area contributed by atoms with E-state index in [0.29, 0.717) is 25.6 Å². The normalized spacial score (nSPS) is 15.3. The summed E-state index contributed by atoms with van der Waals surface area (Å²) >= 11 is 0. The molecule has 0 aromatic heterocycles. The summed E-state index contributed by atoms with van der Waals surface area (Å²) in [4.78, 5) is 33.7. The first kappa shape index (κ1) is 14.7. The zero-order valence-electron chi connectivity index (χ0n) is 10.8. The van der Waals surface area contributed by atoms with Gasteiger partial charge in [-0.2, -0.15) is 0 Å². The van der Waals surface area contributed by atoms with Crippen molar-refractivity contribution in [1.29, 1.82) is 0 Å². The third kappa shape index (κ3) is 3.07. The van der Waals surface area contributed by atoms with Gasteiger partial charge in [-0.05, 0) is 12.5 Å². The maximum Gasteiger partial charge on any atom is 0.342 e. The maximum atomic E-state index is 14.0. The molecule has 0 radical (unpaired) electrons. The highest BCUT2D eigenvalue weighted by molar-refractivity contribution is 5.94. The summed E-state index contributed by atoms with van der Waals surface area (Å²) in [7, 11) is 0. The van der Waals surface area contributed by atoms with Gasteiger partial charge in [-0.15, -0.1) is 0 Å². The van der Waals surface area contributed by atoms with E-state index in [-0.39, 0.29) is 18.1 Å². The molecule has 1 fully saturated rings. The first-order chi connectivity index (χ1) is 9.90. The average Bonchev–Trinajstić information content (AvgIpc) is 2.62. The fourth-order valence-corrected chi connectivity index (χ4v) is 2.13. The van der Waals surface area contributed by atoms with Gasteiger partial charge in [-0.1, -0.05) is 0 Å². The minimum Gasteiger partial charge on any atom is -0.477 e. The number of aromatic carboxylic acids is 1. The van der Waals surface area contributed by atoms with Crippen molar-refractivity contribution in [3.05, 3.63) is 33.6 Å². The van der Waals surface area contributed by atoms with E-state index >= 15 is 0 Å². The van der Waals surface area contributed by atoms with Crippen molar-refractivity contribution in [2.75, 3.05) is 24.5 Å². The van der Waals surface area contributed by atoms with Crippen molar-refractivity contribution in [2.24, 2.45) is 0 Å². The summed E-state index contributed by atoms with van der Waals surface area (Å²) in [5.74, 6) is -2.77. The van der Waals surface area contributed by atoms with Crippen LogP contribution in [0.25, 0.3) is 0 Å². The van der Waals surface area contributed by atoms with Crippen LogP contribution in [0.15, 0.2) is 12.1 Å². The number of nitro groups is 1. The fourth-order valence-electron chi connectivity index (χ4n) is 2.13. The predicted octanol–water partition coefficient (Wildman–Crippen LogP) is 0.758. The zero-order valence-corrected chi connectivity index (χ0v) is 10.8. The highest BCUT2D eigenvalue weighted by Gasteiger charge is 2.26. The minimum atomic E-state index is -1.53. The molecule has 0 spiro atoms. The molecule has 9 heteroatoms. The predicted molar refractivity (Wildman–Crippen MR) is 69.9 cm³/mol. The third-order valence-corrected chi connectivity index (χ3v) is 3.09. The number of rotatable bonds is 3. The van der Waals surface area contributed by atoms with Gasteiger partial charge in [0.05, 0.1) is 23.2 Å². The summed E-state index contributed by atoms with van der Waals surface area (Å²) in [5, 5.41) is 22.4. The standard InChI is InChI=1S/C12H12FN3O5/c13-8-5-9(16(20)21)7(12(18)19)4-10(8)15-3-1-2-14-11(17)6-15/h4-5H,1-3,6H2,(H,14,17)(H,18,19). The number of hydrogen-bond donors (Lipinski definition) is 2. The van der Waals surface area contributed by atoms with Crippen molar-refractivity contribution in [3.63, 3.8) is 0 Å². The molecule has 0 bridgehead atoms. The number of hydrogen-bond acceptors (Lipinski definition) is 5. The number of carbonyl (C=O) groups excluding carboxylic acids is 1. The van der Waals surface area contributed by atoms with Crippen LogP contribution >= 0.6 is 0 Å². The molecular formula is C12H12FN3O5. The fraction of sp³-hybridized carbons (Fsp3) is 0.333. The lowest BCUT2D eigenvalue weighted by molar-refractivity contribution is -0.385. The largest absolute Gasteiger partial charge is 0.477 e. The number of carboxylic acid groups (broad SMARTS) is 1. The third-order valence-electron chi connectivity index (χ3n) is 3.09. The molecule has 1 amide bonds. The Morgan fingerprint density at radius 2 is 2.19 bits per heavy atom. The van der Waals surface area contributed by atoms with E-state index < -0.39 is 28.0 Å². The molecule has 8 nitrogen and oxygen atoms in total. The molecule has 1 saturated heterocycles. The van der Waals surface area contributed by atoms with Crippen LogP contribution in [0, 0.1) is 15.9 Å². The van der Waals surface area contributed by atoms with Gasteiger partial charge < -0.3 is 15.3 Å². The molecule has 2 rings (SSSR count). The van der Waals surface area contributed by atoms with Gasteiger partial charge in [0.1, 0.15) is 5.56 Å². The van der Waals surface area contributed by atoms with E-state index in [4.69, 9.17) is 5.11 Å². The molecular weight excluding hydrogens is 285 g/mol. The number of nitrogens with zero attached hydrogens (tertiary/aromatic N) is 2.